The molecule has 0 unspecified atom stereocenters. The number of aromatic amines is 2. The molecule has 280 valence electrons. The van der Waals surface area contributed by atoms with E-state index in [2.05, 4.69) is 46.5 Å². The molecule has 2 aromatic heterocycles. The van der Waals surface area contributed by atoms with E-state index in [4.69, 9.17) is 22.7 Å². The summed E-state index contributed by atoms with van der Waals surface area (Å²) in [5.41, 5.74) is 5.62. The number of unbranched alkanes of at least 4 members (excludes halogenated alkanes) is 3. The third kappa shape index (κ3) is 24.9. The summed E-state index contributed by atoms with van der Waals surface area (Å²) in [7, 11) is 0. The molecule has 0 aliphatic heterocycles. The molecule has 0 aliphatic carbocycles. The van der Waals surface area contributed by atoms with Crippen LogP contribution in [0.1, 0.15) is 75.6 Å². The lowest BCUT2D eigenvalue weighted by Gasteiger charge is -2.07. The molecule has 10 N–H and O–H groups in total. The van der Waals surface area contributed by atoms with Crippen LogP contribution in [0.15, 0.2) is 21.7 Å². The highest BCUT2D eigenvalue weighted by Gasteiger charge is 2.06. The number of carbonyl (C=O) groups is 4. The molecule has 0 saturated heterocycles. The van der Waals surface area contributed by atoms with Crippen LogP contribution in [0, 0.1) is 19.3 Å². The molecule has 0 aromatic carbocycles. The Hall–Kier alpha value is -4.16. The number of nitrogens with one attached hydrogen (secondary N) is 8. The first-order valence-corrected chi connectivity index (χ1v) is 17.5. The lowest BCUT2D eigenvalue weighted by molar-refractivity contribution is -0.121. The Morgan fingerprint density at radius 3 is 1.72 bits per heavy atom. The highest BCUT2D eigenvalue weighted by Crippen LogP contribution is 2.08. The molecular weight excluding hydrogens is 713 g/mol. The molecule has 50 heavy (non-hydrogen) atoms. The second kappa shape index (κ2) is 27.6. The number of rotatable bonds is 20. The number of ketones is 1. The van der Waals surface area contributed by atoms with E-state index in [0.29, 0.717) is 68.3 Å². The van der Waals surface area contributed by atoms with Gasteiger partial charge in [0.15, 0.2) is 5.17 Å². The predicted molar refractivity (Wildman–Crippen MR) is 200 cm³/mol. The number of aryl methyl sites for hydroxylation is 2. The van der Waals surface area contributed by atoms with Crippen LogP contribution >= 0.6 is 35.8 Å². The van der Waals surface area contributed by atoms with E-state index in [0.717, 1.165) is 38.5 Å². The van der Waals surface area contributed by atoms with Crippen molar-refractivity contribution < 1.29 is 19.2 Å². The molecule has 2 heterocycles. The van der Waals surface area contributed by atoms with Gasteiger partial charge in [-0.1, -0.05) is 18.2 Å². The number of hydrogen-bond donors (Lipinski definition) is 9. The smallest absolute Gasteiger partial charge is 0.321 e. The summed E-state index contributed by atoms with van der Waals surface area (Å²) in [6, 6.07) is 1.81. The van der Waals surface area contributed by atoms with E-state index in [1.807, 2.05) is 0 Å². The average molecular weight is 763 g/mol. The first-order chi connectivity index (χ1) is 23.4. The van der Waals surface area contributed by atoms with Gasteiger partial charge in [-0.05, 0) is 52.4 Å². The molecule has 0 atom stereocenters. The van der Waals surface area contributed by atoms with Crippen molar-refractivity contribution in [3.63, 3.8) is 0 Å². The maximum absolute atomic E-state index is 11.7. The van der Waals surface area contributed by atoms with Crippen LogP contribution in [0.3, 0.4) is 0 Å². The van der Waals surface area contributed by atoms with Gasteiger partial charge in [-0.15, -0.1) is 24.0 Å². The number of Topliss-reactive ketones (excluding diaryl/α,β-unsaturated/α-hetero) is 1. The number of urea groups is 2. The first kappa shape index (κ1) is 45.8. The van der Waals surface area contributed by atoms with Gasteiger partial charge < -0.3 is 21.7 Å². The van der Waals surface area contributed by atoms with E-state index in [9.17, 15) is 28.8 Å². The predicted octanol–water partition coefficient (Wildman–Crippen LogP) is 3.27. The molecule has 5 amide bonds. The third-order valence-electron chi connectivity index (χ3n) is 6.23. The number of alkyl halides is 1. The lowest BCUT2D eigenvalue weighted by atomic mass is 10.1. The minimum Gasteiger partial charge on any atom is -0.379 e. The summed E-state index contributed by atoms with van der Waals surface area (Å²) >= 11 is 6.75. The van der Waals surface area contributed by atoms with E-state index in [1.165, 1.54) is 23.9 Å². The normalized spacial score (nSPS) is 10.1. The minimum atomic E-state index is -0.440. The fourth-order valence-corrected chi connectivity index (χ4v) is 4.62. The summed E-state index contributed by atoms with van der Waals surface area (Å²) in [5, 5.41) is 20.2. The van der Waals surface area contributed by atoms with Crippen molar-refractivity contribution in [2.24, 2.45) is 5.73 Å². The van der Waals surface area contributed by atoms with Crippen LogP contribution in [-0.4, -0.2) is 80.1 Å². The third-order valence-corrected chi connectivity index (χ3v) is 7.30. The molecule has 2 rings (SSSR count). The lowest BCUT2D eigenvalue weighted by Crippen LogP contribution is -2.31. The van der Waals surface area contributed by atoms with Crippen LogP contribution in [0.25, 0.3) is 0 Å². The van der Waals surface area contributed by atoms with Gasteiger partial charge in [0.1, 0.15) is 5.78 Å². The zero-order chi connectivity index (χ0) is 36.4. The fraction of sp³-hybridized carbons (Fsp3) is 0.567. The number of aromatic nitrogens is 4. The van der Waals surface area contributed by atoms with Crippen molar-refractivity contribution >= 4 is 76.6 Å². The quantitative estimate of drug-likeness (QED) is 0.0411. The van der Waals surface area contributed by atoms with Crippen molar-refractivity contribution in [2.75, 3.05) is 41.9 Å². The molecule has 20 heteroatoms. The Morgan fingerprint density at radius 2 is 1.24 bits per heavy atom. The Kier molecular flexibility index (Phi) is 25.3. The van der Waals surface area contributed by atoms with Gasteiger partial charge in [0, 0.05) is 74.1 Å². The standard InChI is InChI=1S/C16H26N6O3S.C14H22ClN5O3.ClH/c1-11-10-13(24)21-15(20-11)22-16(25)19-8-4-2-3-6-12(23)7-5-9-26-14(17)18;1-10-9-12(22)19-13(18-10)20-14(23)17-8-3-2-7-16-11(21)5-4-6-15;/h10H,2-9H2,1H3,(H3,17,18)(H3,19,20,21,22,24,25);9H,2-8H2,1H3,(H,16,21)(H3,17,18,19,20,22,23);1H. The van der Waals surface area contributed by atoms with Crippen LogP contribution in [0.5, 0.6) is 0 Å². The van der Waals surface area contributed by atoms with Gasteiger partial charge in [-0.25, -0.2) is 19.6 Å². The fourth-order valence-electron chi connectivity index (χ4n) is 3.98. The number of nitrogens with two attached hydrogens (primary N) is 1. The number of anilines is 2. The largest absolute Gasteiger partial charge is 0.379 e. The maximum atomic E-state index is 11.7. The average Bonchev–Trinajstić information content (AvgIpc) is 3.00. The first-order valence-electron chi connectivity index (χ1n) is 15.9. The second-order valence-electron chi connectivity index (χ2n) is 10.7. The molecule has 0 radical (unpaired) electrons. The Labute approximate surface area is 306 Å². The van der Waals surface area contributed by atoms with Crippen molar-refractivity contribution in [3.8, 4) is 0 Å². The monoisotopic (exact) mass is 761 g/mol. The van der Waals surface area contributed by atoms with Gasteiger partial charge in [-0.3, -0.25) is 45.2 Å². The van der Waals surface area contributed by atoms with E-state index < -0.39 is 12.1 Å². The Morgan fingerprint density at radius 1 is 0.760 bits per heavy atom. The molecular formula is C30H49Cl2N11O6S. The van der Waals surface area contributed by atoms with Gasteiger partial charge in [0.25, 0.3) is 11.1 Å². The summed E-state index contributed by atoms with van der Waals surface area (Å²) < 4.78 is 0. The van der Waals surface area contributed by atoms with Crippen molar-refractivity contribution in [2.45, 2.75) is 78.1 Å². The van der Waals surface area contributed by atoms with E-state index >= 15 is 0 Å². The molecule has 0 spiro atoms. The van der Waals surface area contributed by atoms with Crippen LogP contribution < -0.4 is 43.4 Å². The minimum absolute atomic E-state index is 0. The number of amidine groups is 1. The highest BCUT2D eigenvalue weighted by molar-refractivity contribution is 8.13. The topological polar surface area (TPSA) is 270 Å². The molecule has 0 bridgehead atoms. The number of carbonyl (C=O) groups excluding carboxylic acids is 4. The number of H-pyrrole nitrogens is 2. The van der Waals surface area contributed by atoms with Crippen molar-refractivity contribution in [3.05, 3.63) is 44.2 Å². The number of amides is 5. The van der Waals surface area contributed by atoms with Crippen molar-refractivity contribution in [1.29, 1.82) is 5.41 Å². The maximum Gasteiger partial charge on any atom is 0.321 e. The van der Waals surface area contributed by atoms with Gasteiger partial charge in [0.05, 0.1) is 0 Å². The summed E-state index contributed by atoms with van der Waals surface area (Å²) in [6.45, 7) is 4.84. The summed E-state index contributed by atoms with van der Waals surface area (Å²) in [4.78, 5) is 81.7. The highest BCUT2D eigenvalue weighted by atomic mass is 35.5. The summed E-state index contributed by atoms with van der Waals surface area (Å²) in [6.07, 6.45) is 6.76. The Bertz CT molecular complexity index is 1480. The number of nitrogens with zero attached hydrogens (tertiary/aromatic N) is 2. The van der Waals surface area contributed by atoms with Crippen molar-refractivity contribution in [1.82, 2.24) is 35.9 Å². The van der Waals surface area contributed by atoms with Crippen LogP contribution in [0.4, 0.5) is 21.5 Å². The Balaban J connectivity index is 0.000000948. The number of hydrogen-bond acceptors (Lipinski definition) is 10. The van der Waals surface area contributed by atoms with Gasteiger partial charge in [-0.2, -0.15) is 0 Å². The zero-order valence-corrected chi connectivity index (χ0v) is 30.8. The van der Waals surface area contributed by atoms with E-state index in [-0.39, 0.29) is 52.3 Å². The van der Waals surface area contributed by atoms with Gasteiger partial charge >= 0.3 is 12.1 Å². The van der Waals surface area contributed by atoms with Crippen LogP contribution in [0.2, 0.25) is 0 Å². The second-order valence-corrected chi connectivity index (χ2v) is 12.3. The molecule has 0 aliphatic rings. The van der Waals surface area contributed by atoms with E-state index in [1.54, 1.807) is 13.8 Å². The number of thioether (sulfide) groups is 1. The molecule has 17 nitrogen and oxygen atoms in total. The SMILES string of the molecule is Cc1cc(=O)[nH]c(NC(=O)NCCCCCC(=O)CCCSC(=N)N)n1.Cc1cc(=O)[nH]c(NC(=O)NCCCCNC(=O)CCCCl)n1.Cl. The molecule has 0 saturated carbocycles. The number of halogens is 2. The zero-order valence-electron chi connectivity index (χ0n) is 28.4. The summed E-state index contributed by atoms with van der Waals surface area (Å²) in [5.74, 6) is 1.61. The van der Waals surface area contributed by atoms with Crippen LogP contribution in [-0.2, 0) is 9.59 Å². The van der Waals surface area contributed by atoms with Gasteiger partial charge in [0.2, 0.25) is 17.8 Å². The molecule has 0 fully saturated rings. The molecule has 2 aromatic rings.